The van der Waals surface area contributed by atoms with Crippen molar-refractivity contribution in [1.82, 2.24) is 4.90 Å². The van der Waals surface area contributed by atoms with Gasteiger partial charge in [0.2, 0.25) is 0 Å². The standard InChI is InChI=1S/C20H21ClN2O4S/c1-2-27-16-9-7-15(8-10-16)23-19-13-28(25,26)12-18(19)22(20(23)24)11-14-5-3-4-6-17(14)21/h3-10,18-19H,2,11-13H2,1H3/t18-,19+/m1/s1. The maximum atomic E-state index is 13.2. The minimum atomic E-state index is -3.22. The molecule has 6 nitrogen and oxygen atoms in total. The Balaban J connectivity index is 1.67. The monoisotopic (exact) mass is 420 g/mol. The predicted molar refractivity (Wildman–Crippen MR) is 109 cm³/mol. The maximum absolute atomic E-state index is 13.2. The molecule has 0 aliphatic carbocycles. The fourth-order valence-corrected chi connectivity index (χ4v) is 6.09. The Morgan fingerprint density at radius 2 is 1.75 bits per heavy atom. The summed E-state index contributed by atoms with van der Waals surface area (Å²) in [5.74, 6) is 0.651. The molecule has 0 saturated carbocycles. The van der Waals surface area contributed by atoms with Gasteiger partial charge in [-0.2, -0.15) is 0 Å². The van der Waals surface area contributed by atoms with Crippen molar-refractivity contribution in [3.8, 4) is 5.75 Å². The van der Waals surface area contributed by atoms with Crippen molar-refractivity contribution in [2.45, 2.75) is 25.6 Å². The highest BCUT2D eigenvalue weighted by atomic mass is 35.5. The van der Waals surface area contributed by atoms with Crippen LogP contribution in [0.5, 0.6) is 5.75 Å². The number of amides is 2. The maximum Gasteiger partial charge on any atom is 0.325 e. The average Bonchev–Trinajstić information content (AvgIpc) is 3.08. The lowest BCUT2D eigenvalue weighted by Gasteiger charge is -2.23. The molecule has 2 fully saturated rings. The first-order valence-corrected chi connectivity index (χ1v) is 11.4. The molecule has 148 valence electrons. The topological polar surface area (TPSA) is 66.9 Å². The molecule has 28 heavy (non-hydrogen) atoms. The number of nitrogens with zero attached hydrogens (tertiary/aromatic N) is 2. The molecule has 0 N–H and O–H groups in total. The number of urea groups is 1. The zero-order valence-electron chi connectivity index (χ0n) is 15.4. The first-order valence-electron chi connectivity index (χ1n) is 9.16. The molecule has 2 aliphatic rings. The summed E-state index contributed by atoms with van der Waals surface area (Å²) in [6.45, 7) is 2.73. The second-order valence-corrected chi connectivity index (χ2v) is 9.57. The number of ether oxygens (including phenoxy) is 1. The second kappa shape index (κ2) is 7.29. The molecular weight excluding hydrogens is 400 g/mol. The Hall–Kier alpha value is -2.25. The average molecular weight is 421 g/mol. The molecule has 4 rings (SSSR count). The van der Waals surface area contributed by atoms with Gasteiger partial charge in [0.05, 0.1) is 30.2 Å². The van der Waals surface area contributed by atoms with E-state index in [-0.39, 0.29) is 30.1 Å². The van der Waals surface area contributed by atoms with Crippen LogP contribution in [0.25, 0.3) is 0 Å². The molecule has 0 unspecified atom stereocenters. The van der Waals surface area contributed by atoms with Crippen molar-refractivity contribution in [1.29, 1.82) is 0 Å². The molecule has 0 bridgehead atoms. The van der Waals surface area contributed by atoms with Gasteiger partial charge in [-0.15, -0.1) is 0 Å². The van der Waals surface area contributed by atoms with E-state index < -0.39 is 15.9 Å². The van der Waals surface area contributed by atoms with Gasteiger partial charge in [0.15, 0.2) is 9.84 Å². The van der Waals surface area contributed by atoms with Crippen molar-refractivity contribution in [3.63, 3.8) is 0 Å². The zero-order valence-corrected chi connectivity index (χ0v) is 17.0. The van der Waals surface area contributed by atoms with Crippen LogP contribution in [-0.4, -0.2) is 49.5 Å². The summed E-state index contributed by atoms with van der Waals surface area (Å²) in [7, 11) is -3.22. The Morgan fingerprint density at radius 1 is 1.07 bits per heavy atom. The van der Waals surface area contributed by atoms with Gasteiger partial charge in [-0.3, -0.25) is 4.90 Å². The van der Waals surface area contributed by atoms with Crippen molar-refractivity contribution < 1.29 is 17.9 Å². The molecule has 0 aromatic heterocycles. The van der Waals surface area contributed by atoms with E-state index in [0.717, 1.165) is 5.56 Å². The predicted octanol–water partition coefficient (Wildman–Crippen LogP) is 3.35. The van der Waals surface area contributed by atoms with E-state index in [1.54, 1.807) is 40.1 Å². The first kappa shape index (κ1) is 19.1. The van der Waals surface area contributed by atoms with Gasteiger partial charge in [0, 0.05) is 17.3 Å². The van der Waals surface area contributed by atoms with Crippen LogP contribution in [-0.2, 0) is 16.4 Å². The normalized spacial score (nSPS) is 23.1. The van der Waals surface area contributed by atoms with Gasteiger partial charge >= 0.3 is 6.03 Å². The number of hydrogen-bond acceptors (Lipinski definition) is 4. The summed E-state index contributed by atoms with van der Waals surface area (Å²) in [6.07, 6.45) is 0. The number of carbonyl (C=O) groups is 1. The molecule has 2 aromatic rings. The third kappa shape index (κ3) is 3.44. The van der Waals surface area contributed by atoms with Crippen LogP contribution in [0.2, 0.25) is 5.02 Å². The fourth-order valence-electron chi connectivity index (χ4n) is 3.94. The van der Waals surface area contributed by atoms with Gasteiger partial charge in [0.1, 0.15) is 5.75 Å². The van der Waals surface area contributed by atoms with E-state index in [9.17, 15) is 13.2 Å². The minimum Gasteiger partial charge on any atom is -0.494 e. The molecular formula is C20H21ClN2O4S. The van der Waals surface area contributed by atoms with Crippen LogP contribution in [0.3, 0.4) is 0 Å². The van der Waals surface area contributed by atoms with Crippen molar-refractivity contribution >= 4 is 33.2 Å². The van der Waals surface area contributed by atoms with Crippen LogP contribution in [0.1, 0.15) is 12.5 Å². The van der Waals surface area contributed by atoms with Crippen molar-refractivity contribution in [3.05, 3.63) is 59.1 Å². The zero-order chi connectivity index (χ0) is 19.9. The van der Waals surface area contributed by atoms with E-state index >= 15 is 0 Å². The summed E-state index contributed by atoms with van der Waals surface area (Å²) in [5.41, 5.74) is 1.47. The highest BCUT2D eigenvalue weighted by Gasteiger charge is 2.53. The SMILES string of the molecule is CCOc1ccc(N2C(=O)N(Cc3ccccc3Cl)[C@@H]3CS(=O)(=O)C[C@@H]32)cc1. The second-order valence-electron chi connectivity index (χ2n) is 7.01. The van der Waals surface area contributed by atoms with Crippen molar-refractivity contribution in [2.24, 2.45) is 0 Å². The lowest BCUT2D eigenvalue weighted by molar-refractivity contribution is 0.206. The smallest absolute Gasteiger partial charge is 0.325 e. The summed E-state index contributed by atoms with van der Waals surface area (Å²) < 4.78 is 30.1. The number of benzene rings is 2. The lowest BCUT2D eigenvalue weighted by Crippen LogP contribution is -2.37. The third-order valence-corrected chi connectivity index (χ3v) is 7.27. The molecule has 2 aromatic carbocycles. The van der Waals surface area contributed by atoms with Crippen LogP contribution < -0.4 is 9.64 Å². The Kier molecular flexibility index (Phi) is 4.97. The molecule has 2 saturated heterocycles. The summed E-state index contributed by atoms with van der Waals surface area (Å²) >= 11 is 6.27. The van der Waals surface area contributed by atoms with Crippen LogP contribution in [0, 0.1) is 0 Å². The molecule has 2 heterocycles. The number of sulfone groups is 1. The van der Waals surface area contributed by atoms with E-state index in [1.165, 1.54) is 0 Å². The molecule has 2 amide bonds. The third-order valence-electron chi connectivity index (χ3n) is 5.20. The number of fused-ring (bicyclic) bond motifs is 1. The van der Waals surface area contributed by atoms with Crippen LogP contribution in [0.15, 0.2) is 48.5 Å². The Labute approximate surface area is 169 Å². The van der Waals surface area contributed by atoms with E-state index in [1.807, 2.05) is 25.1 Å². The van der Waals surface area contributed by atoms with Gasteiger partial charge in [0.25, 0.3) is 0 Å². The minimum absolute atomic E-state index is 0.0264. The van der Waals surface area contributed by atoms with E-state index in [0.29, 0.717) is 23.1 Å². The molecule has 0 radical (unpaired) electrons. The largest absolute Gasteiger partial charge is 0.494 e. The molecule has 2 aliphatic heterocycles. The molecule has 8 heteroatoms. The summed E-state index contributed by atoms with van der Waals surface area (Å²) in [5, 5.41) is 0.562. The van der Waals surface area contributed by atoms with Gasteiger partial charge in [-0.25, -0.2) is 13.2 Å². The molecule has 2 atom stereocenters. The highest BCUT2D eigenvalue weighted by molar-refractivity contribution is 7.91. The number of hydrogen-bond donors (Lipinski definition) is 0. The number of rotatable bonds is 5. The van der Waals surface area contributed by atoms with E-state index in [2.05, 4.69) is 0 Å². The Bertz CT molecular complexity index is 994. The van der Waals surface area contributed by atoms with Gasteiger partial charge in [-0.1, -0.05) is 29.8 Å². The Morgan fingerprint density at radius 3 is 2.43 bits per heavy atom. The highest BCUT2D eigenvalue weighted by Crippen LogP contribution is 2.37. The number of anilines is 1. The number of carbonyl (C=O) groups excluding carboxylic acids is 1. The quantitative estimate of drug-likeness (QED) is 0.696. The summed E-state index contributed by atoms with van der Waals surface area (Å²) in [4.78, 5) is 16.5. The van der Waals surface area contributed by atoms with E-state index in [4.69, 9.17) is 16.3 Å². The first-order chi connectivity index (χ1) is 13.4. The van der Waals surface area contributed by atoms with Crippen molar-refractivity contribution in [2.75, 3.05) is 23.0 Å². The van der Waals surface area contributed by atoms with Crippen LogP contribution in [0.4, 0.5) is 10.5 Å². The lowest BCUT2D eigenvalue weighted by atomic mass is 10.1. The number of halogens is 1. The van der Waals surface area contributed by atoms with Crippen LogP contribution >= 0.6 is 11.6 Å². The summed E-state index contributed by atoms with van der Waals surface area (Å²) in [6, 6.07) is 13.5. The van der Waals surface area contributed by atoms with Gasteiger partial charge < -0.3 is 9.64 Å². The molecule has 0 spiro atoms. The fraction of sp³-hybridized carbons (Fsp3) is 0.350. The van der Waals surface area contributed by atoms with Gasteiger partial charge in [-0.05, 0) is 42.8 Å².